The van der Waals surface area contributed by atoms with E-state index in [1.807, 2.05) is 0 Å². The van der Waals surface area contributed by atoms with Crippen LogP contribution in [0.25, 0.3) is 0 Å². The summed E-state index contributed by atoms with van der Waals surface area (Å²) in [7, 11) is 5.24. The number of rotatable bonds is 6. The van der Waals surface area contributed by atoms with Crippen LogP contribution in [0.2, 0.25) is 0 Å². The van der Waals surface area contributed by atoms with Crippen molar-refractivity contribution >= 4 is 23.8 Å². The van der Waals surface area contributed by atoms with Crippen molar-refractivity contribution in [3.63, 3.8) is 0 Å². The lowest BCUT2D eigenvalue weighted by Crippen LogP contribution is -2.41. The van der Waals surface area contributed by atoms with E-state index >= 15 is 0 Å². The predicted molar refractivity (Wildman–Crippen MR) is 70.4 cm³/mol. The lowest BCUT2D eigenvalue weighted by atomic mass is 10.3. The molecule has 0 aliphatic rings. The quantitative estimate of drug-likeness (QED) is 0.376. The lowest BCUT2D eigenvalue weighted by molar-refractivity contribution is -0.148. The van der Waals surface area contributed by atoms with Crippen LogP contribution in [0.1, 0.15) is 20.3 Å². The summed E-state index contributed by atoms with van der Waals surface area (Å²) in [5.74, 6) is -2.27. The van der Waals surface area contributed by atoms with Crippen molar-refractivity contribution in [2.45, 2.75) is 20.3 Å². The average molecular weight is 290 g/mol. The summed E-state index contributed by atoms with van der Waals surface area (Å²) >= 11 is 0. The van der Waals surface area contributed by atoms with E-state index < -0.39 is 36.6 Å². The minimum atomic E-state index is -0.652. The SMILES string of the molecule is C.COC(=O)CC(=O)N(C)CN(C)C(=O)CC(=O)OC. The Morgan fingerprint density at radius 2 is 1.10 bits per heavy atom. The molecule has 0 saturated carbocycles. The zero-order valence-corrected chi connectivity index (χ0v) is 11.5. The van der Waals surface area contributed by atoms with Crippen LogP contribution in [-0.2, 0) is 28.7 Å². The Kier molecular flexibility index (Phi) is 9.86. The van der Waals surface area contributed by atoms with Gasteiger partial charge in [-0.05, 0) is 0 Å². The van der Waals surface area contributed by atoms with Gasteiger partial charge in [-0.25, -0.2) is 0 Å². The fraction of sp³-hybridized carbons (Fsp3) is 0.667. The van der Waals surface area contributed by atoms with Gasteiger partial charge in [0.05, 0.1) is 20.9 Å². The van der Waals surface area contributed by atoms with Crippen molar-refractivity contribution in [1.82, 2.24) is 9.80 Å². The predicted octanol–water partition coefficient (Wildman–Crippen LogP) is -0.377. The summed E-state index contributed by atoms with van der Waals surface area (Å²) in [4.78, 5) is 47.3. The number of nitrogens with zero attached hydrogens (tertiary/aromatic N) is 2. The first-order chi connectivity index (χ1) is 8.81. The second-order valence-corrected chi connectivity index (χ2v) is 3.83. The molecule has 0 aromatic heterocycles. The highest BCUT2D eigenvalue weighted by Crippen LogP contribution is 1.98. The van der Waals surface area contributed by atoms with Crippen LogP contribution in [0, 0.1) is 0 Å². The monoisotopic (exact) mass is 290 g/mol. The Labute approximate surface area is 118 Å². The fourth-order valence-electron chi connectivity index (χ4n) is 1.14. The van der Waals surface area contributed by atoms with Crippen LogP contribution in [0.4, 0.5) is 0 Å². The highest BCUT2D eigenvalue weighted by Gasteiger charge is 2.19. The van der Waals surface area contributed by atoms with Crippen LogP contribution in [0.3, 0.4) is 0 Å². The second-order valence-electron chi connectivity index (χ2n) is 3.83. The normalized spacial score (nSPS) is 9.00. The summed E-state index contributed by atoms with van der Waals surface area (Å²) in [6.07, 6.45) is -0.794. The van der Waals surface area contributed by atoms with Gasteiger partial charge >= 0.3 is 11.9 Å². The molecule has 0 spiro atoms. The Balaban J connectivity index is 0. The maximum Gasteiger partial charge on any atom is 0.315 e. The maximum absolute atomic E-state index is 11.5. The van der Waals surface area contributed by atoms with Gasteiger partial charge in [0.25, 0.3) is 0 Å². The van der Waals surface area contributed by atoms with E-state index in [9.17, 15) is 19.2 Å². The number of carbonyl (C=O) groups excluding carboxylic acids is 4. The van der Waals surface area contributed by atoms with Crippen LogP contribution in [-0.4, -0.2) is 68.5 Å². The zero-order chi connectivity index (χ0) is 15.0. The highest BCUT2D eigenvalue weighted by molar-refractivity contribution is 5.95. The molecule has 0 bridgehead atoms. The third-order valence-corrected chi connectivity index (χ3v) is 2.32. The molecular formula is C12H22N2O6. The molecule has 8 nitrogen and oxygen atoms in total. The van der Waals surface area contributed by atoms with Gasteiger partial charge in [-0.2, -0.15) is 0 Å². The molecule has 8 heteroatoms. The number of ether oxygens (including phenoxy) is 2. The molecule has 0 rings (SSSR count). The van der Waals surface area contributed by atoms with E-state index in [4.69, 9.17) is 0 Å². The van der Waals surface area contributed by atoms with Gasteiger partial charge in [-0.3, -0.25) is 19.2 Å². The third kappa shape index (κ3) is 7.34. The average Bonchev–Trinajstić information content (AvgIpc) is 2.37. The van der Waals surface area contributed by atoms with Crippen LogP contribution < -0.4 is 0 Å². The molecule has 0 atom stereocenters. The van der Waals surface area contributed by atoms with Gasteiger partial charge in [0, 0.05) is 14.1 Å². The van der Waals surface area contributed by atoms with Crippen LogP contribution in [0.5, 0.6) is 0 Å². The van der Waals surface area contributed by atoms with E-state index in [1.165, 1.54) is 38.1 Å². The molecule has 0 aromatic carbocycles. The summed E-state index contributed by atoms with van der Waals surface area (Å²) in [5, 5.41) is 0. The first-order valence-electron chi connectivity index (χ1n) is 5.43. The Morgan fingerprint density at radius 3 is 1.35 bits per heavy atom. The molecule has 0 aromatic rings. The molecule has 116 valence electrons. The van der Waals surface area contributed by atoms with Gasteiger partial charge in [-0.1, -0.05) is 7.43 Å². The Hall–Kier alpha value is -2.12. The first kappa shape index (κ1) is 20.2. The first-order valence-corrected chi connectivity index (χ1v) is 5.43. The van der Waals surface area contributed by atoms with E-state index in [2.05, 4.69) is 9.47 Å². The summed E-state index contributed by atoms with van der Waals surface area (Å²) < 4.78 is 8.72. The second kappa shape index (κ2) is 9.76. The molecule has 2 amide bonds. The minimum Gasteiger partial charge on any atom is -0.469 e. The number of methoxy groups -OCH3 is 2. The van der Waals surface area contributed by atoms with E-state index in [0.717, 1.165) is 0 Å². The van der Waals surface area contributed by atoms with Crippen molar-refractivity contribution in [2.24, 2.45) is 0 Å². The maximum atomic E-state index is 11.5. The Bertz CT molecular complexity index is 335. The molecule has 0 heterocycles. The minimum absolute atomic E-state index is 0. The number of carbonyl (C=O) groups is 4. The molecule has 0 N–H and O–H groups in total. The lowest BCUT2D eigenvalue weighted by Gasteiger charge is -2.24. The van der Waals surface area contributed by atoms with Gasteiger partial charge in [-0.15, -0.1) is 0 Å². The van der Waals surface area contributed by atoms with E-state index in [1.54, 1.807) is 0 Å². The van der Waals surface area contributed by atoms with Crippen LogP contribution >= 0.6 is 0 Å². The van der Waals surface area contributed by atoms with Crippen molar-refractivity contribution < 1.29 is 28.7 Å². The van der Waals surface area contributed by atoms with Gasteiger partial charge < -0.3 is 19.3 Å². The molecule has 0 unspecified atom stereocenters. The summed E-state index contributed by atoms with van der Waals surface area (Å²) in [6, 6.07) is 0. The number of hydrogen-bond donors (Lipinski definition) is 0. The smallest absolute Gasteiger partial charge is 0.315 e. The summed E-state index contributed by atoms with van der Waals surface area (Å²) in [5.41, 5.74) is 0. The van der Waals surface area contributed by atoms with Crippen molar-refractivity contribution in [2.75, 3.05) is 35.0 Å². The number of esters is 2. The molecule has 0 fully saturated rings. The molecule has 20 heavy (non-hydrogen) atoms. The largest absolute Gasteiger partial charge is 0.469 e. The van der Waals surface area contributed by atoms with E-state index in [-0.39, 0.29) is 14.1 Å². The number of amides is 2. The van der Waals surface area contributed by atoms with Crippen molar-refractivity contribution in [3.05, 3.63) is 0 Å². The Morgan fingerprint density at radius 1 is 0.800 bits per heavy atom. The topological polar surface area (TPSA) is 93.2 Å². The van der Waals surface area contributed by atoms with Crippen LogP contribution in [0.15, 0.2) is 0 Å². The fourth-order valence-corrected chi connectivity index (χ4v) is 1.14. The zero-order valence-electron chi connectivity index (χ0n) is 11.5. The number of hydrogen-bond acceptors (Lipinski definition) is 6. The molecule has 0 saturated heterocycles. The van der Waals surface area contributed by atoms with Gasteiger partial charge in [0.15, 0.2) is 0 Å². The molecule has 0 aliphatic heterocycles. The highest BCUT2D eigenvalue weighted by atomic mass is 16.5. The molecule has 0 aliphatic carbocycles. The third-order valence-electron chi connectivity index (χ3n) is 2.32. The van der Waals surface area contributed by atoms with E-state index in [0.29, 0.717) is 0 Å². The van der Waals surface area contributed by atoms with Crippen molar-refractivity contribution in [1.29, 1.82) is 0 Å². The van der Waals surface area contributed by atoms with Gasteiger partial charge in [0.1, 0.15) is 12.8 Å². The van der Waals surface area contributed by atoms with Gasteiger partial charge in [0.2, 0.25) is 11.8 Å². The standard InChI is InChI=1S/C11H18N2O6.CH4/c1-12(8(14)5-10(16)18-3)7-13(2)9(15)6-11(17)19-4;/h5-7H2,1-4H3;1H4. The molecular weight excluding hydrogens is 268 g/mol. The van der Waals surface area contributed by atoms with Crippen molar-refractivity contribution in [3.8, 4) is 0 Å². The summed E-state index contributed by atoms with van der Waals surface area (Å²) in [6.45, 7) is -0.0361. The molecule has 0 radical (unpaired) electrons.